The van der Waals surface area contributed by atoms with Crippen molar-refractivity contribution in [3.05, 3.63) is 29.3 Å². The second kappa shape index (κ2) is 9.61. The molecule has 6 nitrogen and oxygen atoms in total. The molecule has 0 aromatic heterocycles. The van der Waals surface area contributed by atoms with Crippen LogP contribution < -0.4 is 15.4 Å². The molecule has 1 aromatic carbocycles. The van der Waals surface area contributed by atoms with E-state index in [0.29, 0.717) is 6.54 Å². The SMILES string of the molecule is CN=C(NCc1ccc(C)cc1OCC1CC1)NCC1(N(C)C)CCOCC1. The highest BCUT2D eigenvalue weighted by atomic mass is 16.5. The molecule has 2 aliphatic rings. The summed E-state index contributed by atoms with van der Waals surface area (Å²) in [5.74, 6) is 2.56. The van der Waals surface area contributed by atoms with Crippen molar-refractivity contribution in [1.82, 2.24) is 15.5 Å². The van der Waals surface area contributed by atoms with Crippen molar-refractivity contribution in [2.24, 2.45) is 10.9 Å². The Bertz CT molecular complexity index is 665. The first-order valence-electron chi connectivity index (χ1n) is 10.4. The summed E-state index contributed by atoms with van der Waals surface area (Å²) in [6.07, 6.45) is 4.66. The van der Waals surface area contributed by atoms with Crippen LogP contribution in [0.25, 0.3) is 0 Å². The molecule has 6 heteroatoms. The second-order valence-corrected chi connectivity index (χ2v) is 8.38. The maximum atomic E-state index is 6.09. The molecular weight excluding hydrogens is 352 g/mol. The van der Waals surface area contributed by atoms with E-state index >= 15 is 0 Å². The third-order valence-electron chi connectivity index (χ3n) is 6.02. The number of hydrogen-bond acceptors (Lipinski definition) is 4. The lowest BCUT2D eigenvalue weighted by atomic mass is 9.88. The number of aryl methyl sites for hydroxylation is 1. The Hall–Kier alpha value is -1.79. The van der Waals surface area contributed by atoms with Crippen molar-refractivity contribution in [3.63, 3.8) is 0 Å². The van der Waals surface area contributed by atoms with Gasteiger partial charge in [-0.1, -0.05) is 12.1 Å². The minimum Gasteiger partial charge on any atom is -0.493 e. The number of hydrogen-bond donors (Lipinski definition) is 2. The Morgan fingerprint density at radius 2 is 2.00 bits per heavy atom. The van der Waals surface area contributed by atoms with Gasteiger partial charge in [-0.05, 0) is 64.3 Å². The molecular formula is C22H36N4O2. The van der Waals surface area contributed by atoms with Crippen LogP contribution in [0.3, 0.4) is 0 Å². The molecule has 156 valence electrons. The Morgan fingerprint density at radius 3 is 2.64 bits per heavy atom. The summed E-state index contributed by atoms with van der Waals surface area (Å²) in [6.45, 7) is 6.11. The number of benzene rings is 1. The van der Waals surface area contributed by atoms with Gasteiger partial charge in [0.25, 0.3) is 0 Å². The summed E-state index contributed by atoms with van der Waals surface area (Å²) in [6, 6.07) is 6.43. The summed E-state index contributed by atoms with van der Waals surface area (Å²) >= 11 is 0. The Morgan fingerprint density at radius 1 is 1.25 bits per heavy atom. The monoisotopic (exact) mass is 388 g/mol. The van der Waals surface area contributed by atoms with Crippen molar-refractivity contribution >= 4 is 5.96 Å². The molecule has 28 heavy (non-hydrogen) atoms. The fraction of sp³-hybridized carbons (Fsp3) is 0.682. The third kappa shape index (κ3) is 5.61. The Labute approximate surface area is 169 Å². The zero-order valence-electron chi connectivity index (χ0n) is 17.9. The van der Waals surface area contributed by atoms with E-state index in [-0.39, 0.29) is 5.54 Å². The lowest BCUT2D eigenvalue weighted by Gasteiger charge is -2.43. The topological polar surface area (TPSA) is 58.1 Å². The molecule has 0 unspecified atom stereocenters. The van der Waals surface area contributed by atoms with Gasteiger partial charge in [0.1, 0.15) is 5.75 Å². The van der Waals surface area contributed by atoms with E-state index in [1.165, 1.54) is 24.0 Å². The minimum atomic E-state index is 0.109. The molecule has 0 radical (unpaired) electrons. The first-order valence-corrected chi connectivity index (χ1v) is 10.4. The first-order chi connectivity index (χ1) is 13.5. The van der Waals surface area contributed by atoms with Gasteiger partial charge in [0.05, 0.1) is 6.61 Å². The summed E-state index contributed by atoms with van der Waals surface area (Å²) in [4.78, 5) is 6.73. The summed E-state index contributed by atoms with van der Waals surface area (Å²) in [7, 11) is 6.12. The largest absolute Gasteiger partial charge is 0.493 e. The normalized spacial score (nSPS) is 19.5. The molecule has 1 heterocycles. The van der Waals surface area contributed by atoms with Gasteiger partial charge in [-0.3, -0.25) is 4.99 Å². The Balaban J connectivity index is 1.56. The van der Waals surface area contributed by atoms with Crippen molar-refractivity contribution < 1.29 is 9.47 Å². The van der Waals surface area contributed by atoms with Crippen LogP contribution in [0.2, 0.25) is 0 Å². The van der Waals surface area contributed by atoms with Crippen molar-refractivity contribution in [1.29, 1.82) is 0 Å². The molecule has 1 aromatic rings. The van der Waals surface area contributed by atoms with Crippen LogP contribution in [0, 0.1) is 12.8 Å². The lowest BCUT2D eigenvalue weighted by molar-refractivity contribution is -0.00501. The van der Waals surface area contributed by atoms with E-state index in [1.807, 2.05) is 7.05 Å². The van der Waals surface area contributed by atoms with Gasteiger partial charge in [0.2, 0.25) is 0 Å². The van der Waals surface area contributed by atoms with Crippen LogP contribution in [-0.4, -0.2) is 63.9 Å². The molecule has 0 atom stereocenters. The van der Waals surface area contributed by atoms with Crippen molar-refractivity contribution in [3.8, 4) is 5.75 Å². The average Bonchev–Trinajstić information content (AvgIpc) is 3.52. The van der Waals surface area contributed by atoms with Gasteiger partial charge in [-0.15, -0.1) is 0 Å². The van der Waals surface area contributed by atoms with E-state index < -0.39 is 0 Å². The number of nitrogens with one attached hydrogen (secondary N) is 2. The number of aliphatic imine (C=N–C) groups is 1. The predicted octanol–water partition coefficient (Wildman–Crippen LogP) is 2.56. The molecule has 1 saturated carbocycles. The maximum absolute atomic E-state index is 6.09. The van der Waals surface area contributed by atoms with Gasteiger partial charge in [0, 0.05) is 44.5 Å². The van der Waals surface area contributed by atoms with Crippen LogP contribution in [0.1, 0.15) is 36.8 Å². The van der Waals surface area contributed by atoms with Gasteiger partial charge >= 0.3 is 0 Å². The lowest BCUT2D eigenvalue weighted by Crippen LogP contribution is -2.57. The van der Waals surface area contributed by atoms with E-state index in [4.69, 9.17) is 9.47 Å². The first kappa shape index (κ1) is 20.9. The van der Waals surface area contributed by atoms with Crippen LogP contribution in [0.4, 0.5) is 0 Å². The Kier molecular flexibility index (Phi) is 7.18. The summed E-state index contributed by atoms with van der Waals surface area (Å²) in [5.41, 5.74) is 2.50. The van der Waals surface area contributed by atoms with E-state index in [2.05, 4.69) is 59.7 Å². The highest BCUT2D eigenvalue weighted by molar-refractivity contribution is 5.79. The highest BCUT2D eigenvalue weighted by Gasteiger charge is 2.34. The average molecular weight is 389 g/mol. The number of likely N-dealkylation sites (N-methyl/N-ethyl adjacent to an activating group) is 1. The fourth-order valence-corrected chi connectivity index (χ4v) is 3.62. The summed E-state index contributed by atoms with van der Waals surface area (Å²) < 4.78 is 11.7. The smallest absolute Gasteiger partial charge is 0.191 e. The van der Waals surface area contributed by atoms with Crippen LogP contribution in [0.5, 0.6) is 5.75 Å². The second-order valence-electron chi connectivity index (χ2n) is 8.38. The van der Waals surface area contributed by atoms with Crippen LogP contribution in [-0.2, 0) is 11.3 Å². The molecule has 2 N–H and O–H groups in total. The van der Waals surface area contributed by atoms with Crippen molar-refractivity contribution in [2.45, 2.75) is 44.7 Å². The zero-order chi connectivity index (χ0) is 20.0. The maximum Gasteiger partial charge on any atom is 0.191 e. The number of nitrogens with zero attached hydrogens (tertiary/aromatic N) is 2. The van der Waals surface area contributed by atoms with Crippen molar-refractivity contribution in [2.75, 3.05) is 47.5 Å². The zero-order valence-corrected chi connectivity index (χ0v) is 17.9. The molecule has 1 aliphatic heterocycles. The minimum absolute atomic E-state index is 0.109. The summed E-state index contributed by atoms with van der Waals surface area (Å²) in [5, 5.41) is 6.98. The standard InChI is InChI=1S/C22H36N4O2/c1-17-5-8-19(20(13-17)28-15-18-6-7-18)14-24-21(23-2)25-16-22(26(3)4)9-11-27-12-10-22/h5,8,13,18H,6-7,9-12,14-16H2,1-4H3,(H2,23,24,25). The molecule has 3 rings (SSSR count). The molecule has 1 aliphatic carbocycles. The van der Waals surface area contributed by atoms with Gasteiger partial charge in [-0.25, -0.2) is 0 Å². The number of rotatable bonds is 8. The highest BCUT2D eigenvalue weighted by Crippen LogP contribution is 2.30. The molecule has 0 spiro atoms. The molecule has 1 saturated heterocycles. The molecule has 0 bridgehead atoms. The van der Waals surface area contributed by atoms with Crippen LogP contribution >= 0.6 is 0 Å². The van der Waals surface area contributed by atoms with Gasteiger partial charge < -0.3 is 25.0 Å². The quantitative estimate of drug-likeness (QED) is 0.529. The van der Waals surface area contributed by atoms with Gasteiger partial charge in [0.15, 0.2) is 5.96 Å². The molecule has 2 fully saturated rings. The number of guanidine groups is 1. The predicted molar refractivity (Wildman–Crippen MR) is 114 cm³/mol. The van der Waals surface area contributed by atoms with Gasteiger partial charge in [-0.2, -0.15) is 0 Å². The van der Waals surface area contributed by atoms with E-state index in [0.717, 1.165) is 56.8 Å². The van der Waals surface area contributed by atoms with E-state index in [9.17, 15) is 0 Å². The molecule has 0 amide bonds. The van der Waals surface area contributed by atoms with E-state index in [1.54, 1.807) is 0 Å². The number of ether oxygens (including phenoxy) is 2. The fourth-order valence-electron chi connectivity index (χ4n) is 3.62. The van der Waals surface area contributed by atoms with Crippen LogP contribution in [0.15, 0.2) is 23.2 Å². The third-order valence-corrected chi connectivity index (χ3v) is 6.02.